The molecule has 20 heavy (non-hydrogen) atoms. The largest absolute Gasteiger partial charge is 0.401 e. The number of hydrogen-bond acceptors (Lipinski definition) is 4. The predicted octanol–water partition coefficient (Wildman–Crippen LogP) is 1.33. The number of halogens is 3. The maximum Gasteiger partial charge on any atom is 0.401 e. The maximum atomic E-state index is 11.8. The van der Waals surface area contributed by atoms with Gasteiger partial charge in [-0.1, -0.05) is 12.1 Å². The van der Waals surface area contributed by atoms with Crippen molar-refractivity contribution in [3.63, 3.8) is 0 Å². The first-order chi connectivity index (χ1) is 9.18. The molecular formula is C12H17F3N2O2S. The third kappa shape index (κ3) is 6.88. The number of rotatable bonds is 7. The molecular weight excluding hydrogens is 293 g/mol. The number of nitrogens with one attached hydrogen (secondary N) is 2. The fourth-order valence-electron chi connectivity index (χ4n) is 1.49. The van der Waals surface area contributed by atoms with Gasteiger partial charge >= 0.3 is 6.18 Å². The first-order valence-electron chi connectivity index (χ1n) is 5.96. The Morgan fingerprint density at radius 2 is 1.60 bits per heavy atom. The monoisotopic (exact) mass is 310 g/mol. The van der Waals surface area contributed by atoms with Crippen LogP contribution >= 0.6 is 0 Å². The molecule has 0 fully saturated rings. The molecule has 114 valence electrons. The van der Waals surface area contributed by atoms with Gasteiger partial charge in [0.15, 0.2) is 9.84 Å². The van der Waals surface area contributed by atoms with Crippen LogP contribution in [-0.4, -0.2) is 40.5 Å². The summed E-state index contributed by atoms with van der Waals surface area (Å²) in [6, 6.07) is 6.36. The van der Waals surface area contributed by atoms with Crippen LogP contribution in [0.25, 0.3) is 0 Å². The molecule has 0 aliphatic carbocycles. The zero-order chi connectivity index (χ0) is 15.2. The molecule has 0 bridgehead atoms. The quantitative estimate of drug-likeness (QED) is 0.746. The highest BCUT2D eigenvalue weighted by Crippen LogP contribution is 2.12. The highest BCUT2D eigenvalue weighted by molar-refractivity contribution is 7.90. The Morgan fingerprint density at radius 1 is 1.05 bits per heavy atom. The van der Waals surface area contributed by atoms with Gasteiger partial charge in [0.25, 0.3) is 0 Å². The minimum Gasteiger partial charge on any atom is -0.311 e. The average Bonchev–Trinajstić information content (AvgIpc) is 2.32. The molecule has 0 aliphatic rings. The second-order valence-corrected chi connectivity index (χ2v) is 6.40. The van der Waals surface area contributed by atoms with E-state index in [0.29, 0.717) is 13.1 Å². The molecule has 1 aromatic rings. The molecule has 0 aliphatic heterocycles. The summed E-state index contributed by atoms with van der Waals surface area (Å²) in [6.07, 6.45) is -3.06. The SMILES string of the molecule is CS(=O)(=O)c1ccc(CNCCNCC(F)(F)F)cc1. The number of hydrogen-bond donors (Lipinski definition) is 2. The van der Waals surface area contributed by atoms with E-state index in [2.05, 4.69) is 10.6 Å². The molecule has 1 rings (SSSR count). The van der Waals surface area contributed by atoms with Crippen molar-refractivity contribution < 1.29 is 21.6 Å². The summed E-state index contributed by atoms with van der Waals surface area (Å²) < 4.78 is 58.0. The molecule has 0 heterocycles. The van der Waals surface area contributed by atoms with Gasteiger partial charge in [0.1, 0.15) is 0 Å². The molecule has 0 amide bonds. The molecule has 1 aromatic carbocycles. The number of alkyl halides is 3. The van der Waals surface area contributed by atoms with Gasteiger partial charge in [-0.3, -0.25) is 0 Å². The van der Waals surface area contributed by atoms with Gasteiger partial charge in [-0.25, -0.2) is 8.42 Å². The van der Waals surface area contributed by atoms with Crippen LogP contribution in [0.1, 0.15) is 5.56 Å². The van der Waals surface area contributed by atoms with Crippen molar-refractivity contribution >= 4 is 9.84 Å². The molecule has 0 saturated carbocycles. The van der Waals surface area contributed by atoms with Crippen LogP contribution in [0.4, 0.5) is 13.2 Å². The van der Waals surface area contributed by atoms with Gasteiger partial charge in [-0.15, -0.1) is 0 Å². The molecule has 4 nitrogen and oxygen atoms in total. The Hall–Kier alpha value is -1.12. The van der Waals surface area contributed by atoms with Crippen LogP contribution in [0.2, 0.25) is 0 Å². The van der Waals surface area contributed by atoms with E-state index >= 15 is 0 Å². The standard InChI is InChI=1S/C12H17F3N2O2S/c1-20(18,19)11-4-2-10(3-5-11)8-16-6-7-17-9-12(13,14)15/h2-5,16-17H,6-9H2,1H3. The minimum atomic E-state index is -4.19. The van der Waals surface area contributed by atoms with Crippen molar-refractivity contribution in [1.82, 2.24) is 10.6 Å². The van der Waals surface area contributed by atoms with Gasteiger partial charge in [0.05, 0.1) is 11.4 Å². The summed E-state index contributed by atoms with van der Waals surface area (Å²) in [5.74, 6) is 0. The molecule has 0 aromatic heterocycles. The molecule has 0 saturated heterocycles. The summed E-state index contributed by atoms with van der Waals surface area (Å²) in [7, 11) is -3.20. The van der Waals surface area contributed by atoms with Crippen LogP contribution in [-0.2, 0) is 16.4 Å². The van der Waals surface area contributed by atoms with Crippen molar-refractivity contribution in [2.75, 3.05) is 25.9 Å². The van der Waals surface area contributed by atoms with Gasteiger partial charge in [-0.2, -0.15) is 13.2 Å². The lowest BCUT2D eigenvalue weighted by Gasteiger charge is -2.09. The summed E-state index contributed by atoms with van der Waals surface area (Å²) in [5, 5.41) is 5.24. The van der Waals surface area contributed by atoms with Crippen molar-refractivity contribution in [2.24, 2.45) is 0 Å². The first kappa shape index (κ1) is 16.9. The van der Waals surface area contributed by atoms with Crippen LogP contribution < -0.4 is 10.6 Å². The van der Waals surface area contributed by atoms with Crippen LogP contribution in [0.5, 0.6) is 0 Å². The highest BCUT2D eigenvalue weighted by atomic mass is 32.2. The molecule has 0 spiro atoms. The van der Waals surface area contributed by atoms with E-state index in [-0.39, 0.29) is 11.4 Å². The fourth-order valence-corrected chi connectivity index (χ4v) is 2.12. The van der Waals surface area contributed by atoms with E-state index in [9.17, 15) is 21.6 Å². The Labute approximate surface area is 116 Å². The Kier molecular flexibility index (Phi) is 5.97. The predicted molar refractivity (Wildman–Crippen MR) is 70.2 cm³/mol. The number of sulfone groups is 1. The Morgan fingerprint density at radius 3 is 2.10 bits per heavy atom. The van der Waals surface area contributed by atoms with E-state index in [4.69, 9.17) is 0 Å². The van der Waals surface area contributed by atoms with Crippen LogP contribution in [0.15, 0.2) is 29.2 Å². The normalized spacial score (nSPS) is 12.6. The Balaban J connectivity index is 2.26. The van der Waals surface area contributed by atoms with E-state index in [0.717, 1.165) is 11.8 Å². The number of benzene rings is 1. The molecule has 2 N–H and O–H groups in total. The topological polar surface area (TPSA) is 58.2 Å². The molecule has 8 heteroatoms. The van der Waals surface area contributed by atoms with Gasteiger partial charge in [-0.05, 0) is 17.7 Å². The second-order valence-electron chi connectivity index (χ2n) is 4.38. The van der Waals surface area contributed by atoms with Gasteiger partial charge in [0.2, 0.25) is 0 Å². The average molecular weight is 310 g/mol. The molecule has 0 radical (unpaired) electrons. The lowest BCUT2D eigenvalue weighted by atomic mass is 10.2. The smallest absolute Gasteiger partial charge is 0.311 e. The zero-order valence-corrected chi connectivity index (χ0v) is 11.8. The van der Waals surface area contributed by atoms with E-state index in [1.807, 2.05) is 0 Å². The minimum absolute atomic E-state index is 0.209. The van der Waals surface area contributed by atoms with Gasteiger partial charge in [0, 0.05) is 25.9 Å². The van der Waals surface area contributed by atoms with Gasteiger partial charge < -0.3 is 10.6 Å². The summed E-state index contributed by atoms with van der Waals surface area (Å²) in [6.45, 7) is 0.0698. The summed E-state index contributed by atoms with van der Waals surface area (Å²) in [5.41, 5.74) is 0.869. The highest BCUT2D eigenvalue weighted by Gasteiger charge is 2.25. The van der Waals surface area contributed by atoms with Crippen molar-refractivity contribution in [3.05, 3.63) is 29.8 Å². The van der Waals surface area contributed by atoms with Crippen molar-refractivity contribution in [2.45, 2.75) is 17.6 Å². The van der Waals surface area contributed by atoms with Crippen molar-refractivity contribution in [1.29, 1.82) is 0 Å². The van der Waals surface area contributed by atoms with E-state index in [1.54, 1.807) is 12.1 Å². The van der Waals surface area contributed by atoms with Crippen molar-refractivity contribution in [3.8, 4) is 0 Å². The third-order valence-corrected chi connectivity index (χ3v) is 3.61. The molecule has 0 unspecified atom stereocenters. The maximum absolute atomic E-state index is 11.8. The first-order valence-corrected chi connectivity index (χ1v) is 7.85. The third-order valence-electron chi connectivity index (χ3n) is 2.48. The van der Waals surface area contributed by atoms with Crippen LogP contribution in [0, 0.1) is 0 Å². The van der Waals surface area contributed by atoms with E-state index in [1.165, 1.54) is 12.1 Å². The zero-order valence-electron chi connectivity index (χ0n) is 11.0. The molecule has 0 atom stereocenters. The lowest BCUT2D eigenvalue weighted by molar-refractivity contribution is -0.124. The summed E-state index contributed by atoms with van der Waals surface area (Å²) >= 11 is 0. The lowest BCUT2D eigenvalue weighted by Crippen LogP contribution is -2.34. The van der Waals surface area contributed by atoms with E-state index < -0.39 is 22.6 Å². The fraction of sp³-hybridized carbons (Fsp3) is 0.500. The second kappa shape index (κ2) is 7.05. The van der Waals surface area contributed by atoms with Crippen LogP contribution in [0.3, 0.4) is 0 Å². The summed E-state index contributed by atoms with van der Waals surface area (Å²) in [4.78, 5) is 0.244. The Bertz CT molecular complexity index is 512.